The van der Waals surface area contributed by atoms with Crippen molar-refractivity contribution in [3.8, 4) is 0 Å². The molecule has 6 heteroatoms. The van der Waals surface area contributed by atoms with E-state index in [2.05, 4.69) is 16.9 Å². The fraction of sp³-hybridized carbons (Fsp3) is 0.583. The zero-order chi connectivity index (χ0) is 13.2. The standard InChI is InChI=1S/C12H18N2O3.Na/c1-5-8(4)12(6-7(2)3)9(15)13-11(17)14-10(12)16;/h5,7-8H,1,6H2,2-4H3,(H2,13,14,15,16,17);/q;+1/p-1. The number of hydrogen-bond donors (Lipinski definition) is 1. The normalized spacial score (nSPS) is 25.0. The summed E-state index contributed by atoms with van der Waals surface area (Å²) < 4.78 is 0. The molecule has 0 bridgehead atoms. The van der Waals surface area contributed by atoms with Gasteiger partial charge in [-0.1, -0.05) is 26.8 Å². The van der Waals surface area contributed by atoms with Crippen molar-refractivity contribution in [3.63, 3.8) is 0 Å². The third kappa shape index (κ3) is 3.02. The number of carbonyl (C=O) groups is 2. The average molecular weight is 260 g/mol. The number of carbonyl (C=O) groups excluding carboxylic acids is 2. The van der Waals surface area contributed by atoms with Crippen molar-refractivity contribution in [1.82, 2.24) is 5.32 Å². The van der Waals surface area contributed by atoms with E-state index in [-0.39, 0.29) is 41.4 Å². The number of rotatable bonds is 4. The minimum atomic E-state index is -1.29. The summed E-state index contributed by atoms with van der Waals surface area (Å²) in [5, 5.41) is 13.1. The molecule has 0 spiro atoms. The topological polar surface area (TPSA) is 81.6 Å². The van der Waals surface area contributed by atoms with Crippen molar-refractivity contribution in [3.05, 3.63) is 12.7 Å². The first-order valence-corrected chi connectivity index (χ1v) is 5.58. The number of aliphatic imine (C=N–C) groups is 1. The molecule has 5 nitrogen and oxygen atoms in total. The van der Waals surface area contributed by atoms with Crippen molar-refractivity contribution >= 4 is 17.8 Å². The molecule has 0 saturated heterocycles. The molecule has 0 aromatic carbocycles. The third-order valence-electron chi connectivity index (χ3n) is 3.07. The number of nitrogens with one attached hydrogen (secondary N) is 1. The summed E-state index contributed by atoms with van der Waals surface area (Å²) in [6.07, 6.45) is 1.90. The van der Waals surface area contributed by atoms with Crippen LogP contribution in [0.3, 0.4) is 0 Å². The van der Waals surface area contributed by atoms with E-state index in [1.165, 1.54) is 0 Å². The minimum absolute atomic E-state index is 0. The van der Waals surface area contributed by atoms with E-state index in [1.54, 1.807) is 13.0 Å². The predicted molar refractivity (Wildman–Crippen MR) is 61.8 cm³/mol. The first-order valence-electron chi connectivity index (χ1n) is 5.58. The second kappa shape index (κ2) is 6.50. The van der Waals surface area contributed by atoms with E-state index >= 15 is 0 Å². The van der Waals surface area contributed by atoms with Crippen molar-refractivity contribution in [2.24, 2.45) is 22.2 Å². The van der Waals surface area contributed by atoms with Crippen molar-refractivity contribution < 1.29 is 44.3 Å². The molecule has 1 aliphatic rings. The van der Waals surface area contributed by atoms with Gasteiger partial charge in [-0.05, 0) is 18.3 Å². The molecule has 0 saturated carbocycles. The van der Waals surface area contributed by atoms with Crippen molar-refractivity contribution in [2.45, 2.75) is 27.2 Å². The summed E-state index contributed by atoms with van der Waals surface area (Å²) in [5.74, 6) is -1.46. The SMILES string of the molecule is C=CC(C)C1(CC(C)C)C(=O)N=C([O-])NC1=O.[Na+]. The molecule has 2 amide bonds. The van der Waals surface area contributed by atoms with Crippen LogP contribution >= 0.6 is 0 Å². The van der Waals surface area contributed by atoms with Gasteiger partial charge in [0.15, 0.2) is 0 Å². The van der Waals surface area contributed by atoms with E-state index < -0.39 is 23.3 Å². The predicted octanol–water partition coefficient (Wildman–Crippen LogP) is -2.78. The van der Waals surface area contributed by atoms with Crippen LogP contribution < -0.4 is 40.0 Å². The first kappa shape index (κ1) is 17.4. The van der Waals surface area contributed by atoms with E-state index in [1.807, 2.05) is 13.8 Å². The maximum absolute atomic E-state index is 12.0. The van der Waals surface area contributed by atoms with E-state index in [4.69, 9.17) is 0 Å². The molecule has 94 valence electrons. The fourth-order valence-electron chi connectivity index (χ4n) is 2.14. The first-order chi connectivity index (χ1) is 7.84. The molecule has 0 radical (unpaired) electrons. The fourth-order valence-corrected chi connectivity index (χ4v) is 2.14. The van der Waals surface area contributed by atoms with Crippen molar-refractivity contribution in [2.75, 3.05) is 0 Å². The smallest absolute Gasteiger partial charge is 0.846 e. The molecule has 0 aliphatic carbocycles. The second-order valence-electron chi connectivity index (χ2n) is 4.77. The Hall–Kier alpha value is -0.650. The number of amides is 2. The summed E-state index contributed by atoms with van der Waals surface area (Å²) >= 11 is 0. The van der Waals surface area contributed by atoms with E-state index in [0.29, 0.717) is 6.42 Å². The molecular formula is C12H17N2NaO3. The van der Waals surface area contributed by atoms with Gasteiger partial charge in [-0.3, -0.25) is 9.59 Å². The van der Waals surface area contributed by atoms with Gasteiger partial charge >= 0.3 is 29.6 Å². The van der Waals surface area contributed by atoms with Gasteiger partial charge in [0.05, 0.1) is 6.02 Å². The molecule has 2 unspecified atom stereocenters. The molecule has 0 aromatic rings. The molecule has 18 heavy (non-hydrogen) atoms. The maximum atomic E-state index is 12.0. The summed E-state index contributed by atoms with van der Waals surface area (Å²) in [6, 6.07) is -0.879. The molecule has 1 heterocycles. The Balaban J connectivity index is 0.00000289. The van der Waals surface area contributed by atoms with Gasteiger partial charge in [0.25, 0.3) is 5.91 Å². The molecule has 0 fully saturated rings. The quantitative estimate of drug-likeness (QED) is 0.337. The number of hydrogen-bond acceptors (Lipinski definition) is 3. The van der Waals surface area contributed by atoms with Crippen LogP contribution in [0, 0.1) is 17.3 Å². The Labute approximate surface area is 129 Å². The number of amidine groups is 1. The van der Waals surface area contributed by atoms with Gasteiger partial charge in [0.1, 0.15) is 5.41 Å². The van der Waals surface area contributed by atoms with Crippen LogP contribution in [0.15, 0.2) is 17.6 Å². The van der Waals surface area contributed by atoms with Crippen molar-refractivity contribution in [1.29, 1.82) is 0 Å². The number of allylic oxidation sites excluding steroid dienone is 1. The third-order valence-corrected chi connectivity index (χ3v) is 3.07. The summed E-state index contributed by atoms with van der Waals surface area (Å²) in [4.78, 5) is 27.3. The second-order valence-corrected chi connectivity index (χ2v) is 4.77. The average Bonchev–Trinajstić information content (AvgIpc) is 2.22. The van der Waals surface area contributed by atoms with E-state index in [9.17, 15) is 14.7 Å². The number of nitrogens with zero attached hydrogens (tertiary/aromatic N) is 1. The Kier molecular flexibility index (Phi) is 6.26. The zero-order valence-corrected chi connectivity index (χ0v) is 13.3. The van der Waals surface area contributed by atoms with Crippen LogP contribution in [-0.4, -0.2) is 17.8 Å². The van der Waals surface area contributed by atoms with Gasteiger partial charge < -0.3 is 10.4 Å². The summed E-state index contributed by atoms with van der Waals surface area (Å²) in [5.41, 5.74) is -1.29. The van der Waals surface area contributed by atoms with E-state index in [0.717, 1.165) is 0 Å². The van der Waals surface area contributed by atoms with Crippen LogP contribution in [0.25, 0.3) is 0 Å². The largest absolute Gasteiger partial charge is 1.00 e. The Morgan fingerprint density at radius 2 is 2.00 bits per heavy atom. The van der Waals surface area contributed by atoms with Crippen LogP contribution in [0.5, 0.6) is 0 Å². The van der Waals surface area contributed by atoms with Gasteiger partial charge in [-0.2, -0.15) is 0 Å². The molecule has 0 aromatic heterocycles. The van der Waals surface area contributed by atoms with Gasteiger partial charge in [0.2, 0.25) is 5.91 Å². The Morgan fingerprint density at radius 3 is 2.39 bits per heavy atom. The zero-order valence-electron chi connectivity index (χ0n) is 11.3. The molecular weight excluding hydrogens is 243 g/mol. The Bertz CT molecular complexity index is 393. The van der Waals surface area contributed by atoms with Crippen LogP contribution in [0.1, 0.15) is 27.2 Å². The summed E-state index contributed by atoms with van der Waals surface area (Å²) in [6.45, 7) is 9.17. The van der Waals surface area contributed by atoms with Gasteiger partial charge in [-0.25, -0.2) is 4.99 Å². The van der Waals surface area contributed by atoms with Gasteiger partial charge in [-0.15, -0.1) is 6.58 Å². The molecule has 1 N–H and O–H groups in total. The molecule has 1 aliphatic heterocycles. The Morgan fingerprint density at radius 1 is 1.44 bits per heavy atom. The maximum Gasteiger partial charge on any atom is 1.00 e. The van der Waals surface area contributed by atoms with Gasteiger partial charge in [0, 0.05) is 0 Å². The van der Waals surface area contributed by atoms with Crippen LogP contribution in [-0.2, 0) is 9.59 Å². The molecule has 1 rings (SSSR count). The van der Waals surface area contributed by atoms with Crippen LogP contribution in [0.2, 0.25) is 0 Å². The van der Waals surface area contributed by atoms with Crippen LogP contribution in [0.4, 0.5) is 0 Å². The molecule has 2 atom stereocenters. The summed E-state index contributed by atoms with van der Waals surface area (Å²) in [7, 11) is 0. The minimum Gasteiger partial charge on any atom is -0.846 e. The monoisotopic (exact) mass is 260 g/mol.